The average Bonchev–Trinajstić information content (AvgIpc) is 2.62. The molecule has 0 aromatic heterocycles. The number of hydrogen-bond acceptors (Lipinski definition) is 4. The van der Waals surface area contributed by atoms with E-state index in [4.69, 9.17) is 4.74 Å². The van der Waals surface area contributed by atoms with Crippen LogP contribution in [0.1, 0.15) is 25.8 Å². The topological polar surface area (TPSA) is 58.6 Å². The average molecular weight is 374 g/mol. The molecular formula is C21H27NO3S. The normalized spacial score (nSPS) is 12.2. The standard InChI is InChI=1S/C21H27NO3S/c1-15(2)11-17(21(23)24)14-22-13-16-7-4-5-10-20(16)26-19-9-6-8-18(12-19)25-3/h4-10,12,15,17,22H,11,13-14H2,1-3H3,(H,23,24). The van der Waals surface area contributed by atoms with E-state index in [1.54, 1.807) is 18.9 Å². The zero-order valence-corrected chi connectivity index (χ0v) is 16.4. The Morgan fingerprint density at radius 1 is 1.19 bits per heavy atom. The summed E-state index contributed by atoms with van der Waals surface area (Å²) in [6.07, 6.45) is 0.683. The molecular weight excluding hydrogens is 346 g/mol. The molecule has 0 spiro atoms. The van der Waals surface area contributed by atoms with Crippen LogP contribution in [0.25, 0.3) is 0 Å². The Morgan fingerprint density at radius 3 is 2.65 bits per heavy atom. The van der Waals surface area contributed by atoms with Gasteiger partial charge in [-0.25, -0.2) is 0 Å². The molecule has 1 unspecified atom stereocenters. The van der Waals surface area contributed by atoms with Crippen LogP contribution in [0, 0.1) is 11.8 Å². The van der Waals surface area contributed by atoms with Crippen molar-refractivity contribution >= 4 is 17.7 Å². The van der Waals surface area contributed by atoms with Gasteiger partial charge in [-0.05, 0) is 42.2 Å². The second kappa shape index (κ2) is 10.2. The minimum atomic E-state index is -0.731. The number of carboxylic acids is 1. The van der Waals surface area contributed by atoms with E-state index in [0.717, 1.165) is 21.1 Å². The van der Waals surface area contributed by atoms with Crippen molar-refractivity contribution in [2.45, 2.75) is 36.6 Å². The second-order valence-electron chi connectivity index (χ2n) is 6.68. The quantitative estimate of drug-likeness (QED) is 0.633. The van der Waals surface area contributed by atoms with Crippen LogP contribution in [0.5, 0.6) is 5.75 Å². The van der Waals surface area contributed by atoms with Crippen molar-refractivity contribution in [3.8, 4) is 5.75 Å². The van der Waals surface area contributed by atoms with Gasteiger partial charge in [0, 0.05) is 22.9 Å². The summed E-state index contributed by atoms with van der Waals surface area (Å²) in [5, 5.41) is 12.7. The molecule has 0 fully saturated rings. The predicted molar refractivity (Wildman–Crippen MR) is 106 cm³/mol. The fraction of sp³-hybridized carbons (Fsp3) is 0.381. The summed E-state index contributed by atoms with van der Waals surface area (Å²) in [5.74, 6) is 0.121. The Labute approximate surface area is 160 Å². The van der Waals surface area contributed by atoms with Crippen molar-refractivity contribution < 1.29 is 14.6 Å². The number of ether oxygens (including phenoxy) is 1. The number of benzene rings is 2. The Bertz CT molecular complexity index is 718. The van der Waals surface area contributed by atoms with Crippen LogP contribution in [-0.4, -0.2) is 24.7 Å². The molecule has 0 saturated heterocycles. The highest BCUT2D eigenvalue weighted by molar-refractivity contribution is 7.99. The number of hydrogen-bond donors (Lipinski definition) is 2. The zero-order valence-electron chi connectivity index (χ0n) is 15.6. The van der Waals surface area contributed by atoms with Crippen LogP contribution in [0.3, 0.4) is 0 Å². The molecule has 140 valence electrons. The van der Waals surface area contributed by atoms with Crippen LogP contribution in [0.4, 0.5) is 0 Å². The van der Waals surface area contributed by atoms with Crippen LogP contribution in [0.2, 0.25) is 0 Å². The third-order valence-electron chi connectivity index (χ3n) is 4.05. The molecule has 2 N–H and O–H groups in total. The molecule has 5 heteroatoms. The van der Waals surface area contributed by atoms with E-state index >= 15 is 0 Å². The molecule has 0 aliphatic heterocycles. The lowest BCUT2D eigenvalue weighted by molar-refractivity contribution is -0.142. The molecule has 26 heavy (non-hydrogen) atoms. The van der Waals surface area contributed by atoms with Gasteiger partial charge >= 0.3 is 5.97 Å². The first-order valence-corrected chi connectivity index (χ1v) is 9.64. The van der Waals surface area contributed by atoms with Crippen LogP contribution in [0.15, 0.2) is 58.3 Å². The van der Waals surface area contributed by atoms with Crippen molar-refractivity contribution in [2.24, 2.45) is 11.8 Å². The minimum Gasteiger partial charge on any atom is -0.497 e. The third-order valence-corrected chi connectivity index (χ3v) is 5.16. The zero-order chi connectivity index (χ0) is 18.9. The number of nitrogens with one attached hydrogen (secondary N) is 1. The molecule has 0 amide bonds. The van der Waals surface area contributed by atoms with E-state index in [9.17, 15) is 9.90 Å². The summed E-state index contributed by atoms with van der Waals surface area (Å²) >= 11 is 1.68. The van der Waals surface area contributed by atoms with Gasteiger partial charge in [-0.2, -0.15) is 0 Å². The Hall–Kier alpha value is -1.98. The Morgan fingerprint density at radius 2 is 1.96 bits per heavy atom. The molecule has 2 rings (SSSR count). The highest BCUT2D eigenvalue weighted by atomic mass is 32.2. The van der Waals surface area contributed by atoms with Gasteiger partial charge in [-0.15, -0.1) is 0 Å². The second-order valence-corrected chi connectivity index (χ2v) is 7.80. The molecule has 0 bridgehead atoms. The largest absolute Gasteiger partial charge is 0.497 e. The lowest BCUT2D eigenvalue weighted by atomic mass is 9.97. The van der Waals surface area contributed by atoms with Gasteiger partial charge in [0.1, 0.15) is 5.75 Å². The van der Waals surface area contributed by atoms with E-state index in [0.29, 0.717) is 25.4 Å². The maximum absolute atomic E-state index is 11.4. The fourth-order valence-corrected chi connectivity index (χ4v) is 3.76. The first kappa shape index (κ1) is 20.3. The van der Waals surface area contributed by atoms with Crippen molar-refractivity contribution in [1.82, 2.24) is 5.32 Å². The van der Waals surface area contributed by atoms with Crippen molar-refractivity contribution in [2.75, 3.05) is 13.7 Å². The maximum atomic E-state index is 11.4. The number of methoxy groups -OCH3 is 1. The SMILES string of the molecule is COc1cccc(Sc2ccccc2CNCC(CC(C)C)C(=O)O)c1. The van der Waals surface area contributed by atoms with Crippen molar-refractivity contribution in [3.05, 3.63) is 54.1 Å². The summed E-state index contributed by atoms with van der Waals surface area (Å²) in [6.45, 7) is 5.23. The van der Waals surface area contributed by atoms with Gasteiger partial charge in [-0.1, -0.05) is 49.9 Å². The van der Waals surface area contributed by atoms with Crippen molar-refractivity contribution in [1.29, 1.82) is 0 Å². The van der Waals surface area contributed by atoms with Crippen molar-refractivity contribution in [3.63, 3.8) is 0 Å². The summed E-state index contributed by atoms with van der Waals surface area (Å²) in [6, 6.07) is 16.2. The van der Waals surface area contributed by atoms with Crippen LogP contribution < -0.4 is 10.1 Å². The van der Waals surface area contributed by atoms with Crippen LogP contribution in [-0.2, 0) is 11.3 Å². The lowest BCUT2D eigenvalue weighted by Crippen LogP contribution is -2.29. The van der Waals surface area contributed by atoms with Crippen LogP contribution >= 0.6 is 11.8 Å². The molecule has 0 radical (unpaired) electrons. The summed E-state index contributed by atoms with van der Waals surface area (Å²) in [5.41, 5.74) is 1.16. The molecule has 2 aromatic carbocycles. The van der Waals surface area contributed by atoms with Gasteiger partial charge in [0.25, 0.3) is 0 Å². The Balaban J connectivity index is 2.01. The van der Waals surface area contributed by atoms with Gasteiger partial charge in [0.15, 0.2) is 0 Å². The van der Waals surface area contributed by atoms with E-state index in [2.05, 4.69) is 37.4 Å². The number of carboxylic acid groups (broad SMARTS) is 1. The minimum absolute atomic E-state index is 0.354. The van der Waals surface area contributed by atoms with E-state index in [1.807, 2.05) is 30.3 Å². The predicted octanol–water partition coefficient (Wildman–Crippen LogP) is 4.68. The molecule has 0 saturated carbocycles. The first-order chi connectivity index (χ1) is 12.5. The van der Waals surface area contributed by atoms with Gasteiger partial charge in [0.2, 0.25) is 0 Å². The molecule has 0 heterocycles. The van der Waals surface area contributed by atoms with E-state index in [-0.39, 0.29) is 5.92 Å². The van der Waals surface area contributed by atoms with E-state index in [1.165, 1.54) is 0 Å². The summed E-state index contributed by atoms with van der Waals surface area (Å²) < 4.78 is 5.29. The van der Waals surface area contributed by atoms with Gasteiger partial charge in [-0.3, -0.25) is 4.79 Å². The molecule has 4 nitrogen and oxygen atoms in total. The first-order valence-electron chi connectivity index (χ1n) is 8.83. The van der Waals surface area contributed by atoms with E-state index < -0.39 is 5.97 Å². The van der Waals surface area contributed by atoms with Gasteiger partial charge in [0.05, 0.1) is 13.0 Å². The number of rotatable bonds is 10. The maximum Gasteiger partial charge on any atom is 0.307 e. The highest BCUT2D eigenvalue weighted by Crippen LogP contribution is 2.32. The lowest BCUT2D eigenvalue weighted by Gasteiger charge is -2.16. The fourth-order valence-electron chi connectivity index (χ4n) is 2.76. The summed E-state index contributed by atoms with van der Waals surface area (Å²) in [4.78, 5) is 13.7. The number of carbonyl (C=O) groups is 1. The monoisotopic (exact) mass is 373 g/mol. The third kappa shape index (κ3) is 6.39. The summed E-state index contributed by atoms with van der Waals surface area (Å²) in [7, 11) is 1.66. The molecule has 0 aliphatic rings. The molecule has 0 aliphatic carbocycles. The molecule has 1 atom stereocenters. The number of aliphatic carboxylic acids is 1. The van der Waals surface area contributed by atoms with Gasteiger partial charge < -0.3 is 15.2 Å². The molecule has 2 aromatic rings. The smallest absolute Gasteiger partial charge is 0.307 e. The highest BCUT2D eigenvalue weighted by Gasteiger charge is 2.18. The Kier molecular flexibility index (Phi) is 8.01.